The van der Waals surface area contributed by atoms with Gasteiger partial charge in [-0.05, 0) is 18.1 Å². The van der Waals surface area contributed by atoms with Crippen molar-refractivity contribution in [3.8, 4) is 5.88 Å². The summed E-state index contributed by atoms with van der Waals surface area (Å²) < 4.78 is 19.7. The number of aliphatic hydroxyl groups excluding tert-OH is 1. The maximum absolute atomic E-state index is 14.5. The van der Waals surface area contributed by atoms with Crippen molar-refractivity contribution in [1.29, 1.82) is 0 Å². The van der Waals surface area contributed by atoms with Gasteiger partial charge in [0.1, 0.15) is 5.82 Å². The lowest BCUT2D eigenvalue weighted by Gasteiger charge is -2.17. The van der Waals surface area contributed by atoms with E-state index in [1.54, 1.807) is 12.1 Å². The van der Waals surface area contributed by atoms with Crippen molar-refractivity contribution in [2.24, 2.45) is 5.92 Å². The van der Waals surface area contributed by atoms with E-state index in [4.69, 9.17) is 4.74 Å². The first-order chi connectivity index (χ1) is 14.6. The number of aromatic nitrogens is 2. The molecule has 1 aromatic carbocycles. The third-order valence-corrected chi connectivity index (χ3v) is 5.69. The third kappa shape index (κ3) is 4.75. The molecule has 0 radical (unpaired) electrons. The summed E-state index contributed by atoms with van der Waals surface area (Å²) in [5, 5.41) is 13.9. The van der Waals surface area contributed by atoms with Crippen LogP contribution >= 0.6 is 0 Å². The lowest BCUT2D eigenvalue weighted by molar-refractivity contribution is 0.140. The van der Waals surface area contributed by atoms with E-state index in [1.165, 1.54) is 18.9 Å². The first-order valence-corrected chi connectivity index (χ1v) is 10.3. The quantitative estimate of drug-likeness (QED) is 0.594. The van der Waals surface area contributed by atoms with Crippen molar-refractivity contribution in [3.63, 3.8) is 0 Å². The highest BCUT2D eigenvalue weighted by atomic mass is 19.1. The zero-order valence-corrected chi connectivity index (χ0v) is 17.1. The molecular formula is C23H27FN4O2. The van der Waals surface area contributed by atoms with Gasteiger partial charge in [-0.3, -0.25) is 4.98 Å². The minimum absolute atomic E-state index is 0.158. The summed E-state index contributed by atoms with van der Waals surface area (Å²) in [6.07, 6.45) is 1.37. The van der Waals surface area contributed by atoms with Crippen LogP contribution in [0.25, 0.3) is 11.0 Å². The van der Waals surface area contributed by atoms with Gasteiger partial charge in [-0.1, -0.05) is 30.3 Å². The lowest BCUT2D eigenvalue weighted by Crippen LogP contribution is -2.30. The third-order valence-electron chi connectivity index (χ3n) is 5.69. The van der Waals surface area contributed by atoms with Crippen LogP contribution in [0, 0.1) is 11.7 Å². The standard InChI is InChI=1S/C23H27FN4O2/c1-30-22-8-7-20-23(27-22)18(19(24)13-26-20)9-10-28-14-17(21(29)15-28)12-25-11-16-5-3-2-4-6-16/h2-8,13,17,21,25,29H,9-12,14-15H2,1H3. The summed E-state index contributed by atoms with van der Waals surface area (Å²) in [6, 6.07) is 13.7. The number of β-amino-alcohol motifs (C(OH)–C–C–N with tert-alkyl or cyclic N) is 1. The number of nitrogens with one attached hydrogen (secondary N) is 1. The van der Waals surface area contributed by atoms with Crippen LogP contribution in [0.15, 0.2) is 48.7 Å². The molecule has 0 aliphatic carbocycles. The van der Waals surface area contributed by atoms with Gasteiger partial charge in [-0.25, -0.2) is 9.37 Å². The van der Waals surface area contributed by atoms with E-state index < -0.39 is 0 Å². The number of hydrogen-bond donors (Lipinski definition) is 2. The summed E-state index contributed by atoms with van der Waals surface area (Å²) in [4.78, 5) is 10.7. The summed E-state index contributed by atoms with van der Waals surface area (Å²) in [7, 11) is 1.54. The van der Waals surface area contributed by atoms with Crippen molar-refractivity contribution < 1.29 is 14.2 Å². The number of nitrogens with zero attached hydrogens (tertiary/aromatic N) is 3. The molecule has 1 fully saturated rings. The topological polar surface area (TPSA) is 70.5 Å². The number of aliphatic hydroxyl groups is 1. The van der Waals surface area contributed by atoms with Crippen LogP contribution in [0.5, 0.6) is 5.88 Å². The lowest BCUT2D eigenvalue weighted by atomic mass is 10.1. The van der Waals surface area contributed by atoms with E-state index in [2.05, 4.69) is 32.3 Å². The predicted octanol–water partition coefficient (Wildman–Crippen LogP) is 2.40. The Morgan fingerprint density at radius 3 is 2.83 bits per heavy atom. The number of halogens is 1. The molecule has 30 heavy (non-hydrogen) atoms. The number of pyridine rings is 2. The minimum atomic E-state index is -0.384. The molecule has 158 valence electrons. The highest BCUT2D eigenvalue weighted by molar-refractivity contribution is 5.78. The molecule has 7 heteroatoms. The Labute approximate surface area is 175 Å². The Bertz CT molecular complexity index is 986. The van der Waals surface area contributed by atoms with E-state index in [9.17, 15) is 9.50 Å². The van der Waals surface area contributed by atoms with Gasteiger partial charge in [0.2, 0.25) is 5.88 Å². The second-order valence-corrected chi connectivity index (χ2v) is 7.76. The Hall–Kier alpha value is -2.61. The molecule has 1 aliphatic rings. The average Bonchev–Trinajstić information content (AvgIpc) is 3.12. The molecule has 3 heterocycles. The van der Waals surface area contributed by atoms with Crippen molar-refractivity contribution in [2.75, 3.05) is 33.3 Å². The molecule has 0 bridgehead atoms. The fraction of sp³-hybridized carbons (Fsp3) is 0.391. The molecule has 2 atom stereocenters. The van der Waals surface area contributed by atoms with Gasteiger partial charge in [-0.2, -0.15) is 0 Å². The molecule has 6 nitrogen and oxygen atoms in total. The van der Waals surface area contributed by atoms with E-state index >= 15 is 0 Å². The van der Waals surface area contributed by atoms with Gasteiger partial charge in [0, 0.05) is 50.3 Å². The normalized spacial score (nSPS) is 19.4. The minimum Gasteiger partial charge on any atom is -0.481 e. The molecule has 4 rings (SSSR count). The van der Waals surface area contributed by atoms with Gasteiger partial charge >= 0.3 is 0 Å². The number of methoxy groups -OCH3 is 1. The van der Waals surface area contributed by atoms with Crippen LogP contribution < -0.4 is 10.1 Å². The largest absolute Gasteiger partial charge is 0.481 e. The van der Waals surface area contributed by atoms with Gasteiger partial charge in [0.25, 0.3) is 0 Å². The number of ether oxygens (including phenoxy) is 1. The second-order valence-electron chi connectivity index (χ2n) is 7.76. The highest BCUT2D eigenvalue weighted by Crippen LogP contribution is 2.23. The van der Waals surface area contributed by atoms with Crippen LogP contribution in [0.3, 0.4) is 0 Å². The molecular weight excluding hydrogens is 383 g/mol. The summed E-state index contributed by atoms with van der Waals surface area (Å²) in [5.41, 5.74) is 2.95. The number of likely N-dealkylation sites (tertiary alicyclic amines) is 1. The van der Waals surface area contributed by atoms with Crippen molar-refractivity contribution in [1.82, 2.24) is 20.2 Å². The first kappa shape index (κ1) is 20.7. The molecule has 3 aromatic rings. The van der Waals surface area contributed by atoms with Crippen LogP contribution in [0.4, 0.5) is 4.39 Å². The van der Waals surface area contributed by atoms with Gasteiger partial charge in [-0.15, -0.1) is 0 Å². The van der Waals surface area contributed by atoms with Crippen LogP contribution in [0.1, 0.15) is 11.1 Å². The Morgan fingerprint density at radius 2 is 2.03 bits per heavy atom. The molecule has 2 aromatic heterocycles. The van der Waals surface area contributed by atoms with E-state index in [0.717, 1.165) is 19.6 Å². The number of rotatable bonds is 8. The monoisotopic (exact) mass is 410 g/mol. The SMILES string of the molecule is COc1ccc2ncc(F)c(CCN3CC(O)C(CNCc4ccccc4)C3)c2n1. The molecule has 2 N–H and O–H groups in total. The smallest absolute Gasteiger partial charge is 0.213 e. The van der Waals surface area contributed by atoms with Crippen molar-refractivity contribution in [2.45, 2.75) is 19.1 Å². The molecule has 0 saturated carbocycles. The van der Waals surface area contributed by atoms with Gasteiger partial charge < -0.3 is 20.1 Å². The molecule has 2 unspecified atom stereocenters. The maximum atomic E-state index is 14.5. The summed E-state index contributed by atoms with van der Waals surface area (Å²) in [5.74, 6) is 0.243. The van der Waals surface area contributed by atoms with E-state index in [1.807, 2.05) is 18.2 Å². The molecule has 0 spiro atoms. The molecule has 0 amide bonds. The van der Waals surface area contributed by atoms with E-state index in [0.29, 0.717) is 42.0 Å². The first-order valence-electron chi connectivity index (χ1n) is 10.3. The maximum Gasteiger partial charge on any atom is 0.213 e. The Balaban J connectivity index is 1.35. The Kier molecular flexibility index (Phi) is 6.52. The molecule has 1 saturated heterocycles. The predicted molar refractivity (Wildman–Crippen MR) is 114 cm³/mol. The van der Waals surface area contributed by atoms with Crippen LogP contribution in [-0.4, -0.2) is 59.4 Å². The second kappa shape index (κ2) is 9.47. The average molecular weight is 410 g/mol. The number of fused-ring (bicyclic) bond motifs is 1. The van der Waals surface area contributed by atoms with E-state index in [-0.39, 0.29) is 17.8 Å². The van der Waals surface area contributed by atoms with Gasteiger partial charge in [0.15, 0.2) is 0 Å². The zero-order valence-electron chi connectivity index (χ0n) is 17.1. The fourth-order valence-electron chi connectivity index (χ4n) is 4.02. The number of benzene rings is 1. The fourth-order valence-corrected chi connectivity index (χ4v) is 4.02. The van der Waals surface area contributed by atoms with Crippen molar-refractivity contribution in [3.05, 3.63) is 65.6 Å². The summed E-state index contributed by atoms with van der Waals surface area (Å²) >= 11 is 0. The summed E-state index contributed by atoms with van der Waals surface area (Å²) in [6.45, 7) is 3.56. The highest BCUT2D eigenvalue weighted by Gasteiger charge is 2.30. The zero-order chi connectivity index (χ0) is 20.9. The van der Waals surface area contributed by atoms with Crippen LogP contribution in [0.2, 0.25) is 0 Å². The van der Waals surface area contributed by atoms with Gasteiger partial charge in [0.05, 0.1) is 30.4 Å². The van der Waals surface area contributed by atoms with Crippen LogP contribution in [-0.2, 0) is 13.0 Å². The van der Waals surface area contributed by atoms with Crippen molar-refractivity contribution >= 4 is 11.0 Å². The number of hydrogen-bond acceptors (Lipinski definition) is 6. The Morgan fingerprint density at radius 1 is 1.20 bits per heavy atom. The molecule has 1 aliphatic heterocycles.